The van der Waals surface area contributed by atoms with Crippen LogP contribution in [0.1, 0.15) is 22.5 Å². The molecule has 0 spiro atoms. The molecular formula is C7H4ClF2IN2O. The molecule has 2 N–H and O–H groups in total. The lowest BCUT2D eigenvalue weighted by atomic mass is 10.2. The van der Waals surface area contributed by atoms with Crippen LogP contribution >= 0.6 is 34.2 Å². The number of carbonyl (C=O) groups is 1. The van der Waals surface area contributed by atoms with E-state index in [0.29, 0.717) is 0 Å². The number of hydrogen-bond acceptors (Lipinski definition) is 2. The molecule has 0 saturated carbocycles. The average Bonchev–Trinajstić information content (AvgIpc) is 2.02. The standard InChI is InChI=1S/C7H4ClF2IN2O/c8-2-1-13-5(7(12)14)4(11)3(2)6(9)10/h1,6H,(H2,12,14). The number of carbonyl (C=O) groups excluding carboxylic acids is 1. The molecule has 14 heavy (non-hydrogen) atoms. The largest absolute Gasteiger partial charge is 0.364 e. The fourth-order valence-electron chi connectivity index (χ4n) is 0.852. The molecule has 3 nitrogen and oxygen atoms in total. The van der Waals surface area contributed by atoms with Crippen molar-refractivity contribution >= 4 is 40.1 Å². The van der Waals surface area contributed by atoms with Crippen molar-refractivity contribution in [3.8, 4) is 0 Å². The minimum Gasteiger partial charge on any atom is -0.364 e. The van der Waals surface area contributed by atoms with Gasteiger partial charge >= 0.3 is 0 Å². The second-order valence-electron chi connectivity index (χ2n) is 2.35. The summed E-state index contributed by atoms with van der Waals surface area (Å²) < 4.78 is 24.9. The number of alkyl halides is 2. The number of primary amides is 1. The topological polar surface area (TPSA) is 56.0 Å². The maximum absolute atomic E-state index is 12.5. The van der Waals surface area contributed by atoms with Crippen molar-refractivity contribution in [3.63, 3.8) is 0 Å². The highest BCUT2D eigenvalue weighted by atomic mass is 127. The Hall–Kier alpha value is -0.500. The van der Waals surface area contributed by atoms with Gasteiger partial charge in [-0.25, -0.2) is 13.8 Å². The Labute approximate surface area is 96.8 Å². The number of rotatable bonds is 2. The maximum Gasteiger partial charge on any atom is 0.268 e. The number of hydrogen-bond donors (Lipinski definition) is 1. The van der Waals surface area contributed by atoms with Crippen LogP contribution in [0.5, 0.6) is 0 Å². The van der Waals surface area contributed by atoms with Crippen LogP contribution in [0.4, 0.5) is 8.78 Å². The third-order valence-electron chi connectivity index (χ3n) is 1.46. The molecule has 0 unspecified atom stereocenters. The van der Waals surface area contributed by atoms with E-state index in [1.165, 1.54) is 0 Å². The third-order valence-corrected chi connectivity index (χ3v) is 2.85. The van der Waals surface area contributed by atoms with Crippen LogP contribution in [0, 0.1) is 3.57 Å². The summed E-state index contributed by atoms with van der Waals surface area (Å²) in [6, 6.07) is 0. The molecule has 0 radical (unpaired) electrons. The predicted molar refractivity (Wildman–Crippen MR) is 55.4 cm³/mol. The quantitative estimate of drug-likeness (QED) is 0.846. The van der Waals surface area contributed by atoms with Gasteiger partial charge in [-0.05, 0) is 22.6 Å². The van der Waals surface area contributed by atoms with Crippen molar-refractivity contribution in [1.82, 2.24) is 4.98 Å². The van der Waals surface area contributed by atoms with Crippen molar-refractivity contribution in [3.05, 3.63) is 26.0 Å². The van der Waals surface area contributed by atoms with E-state index in [4.69, 9.17) is 17.3 Å². The van der Waals surface area contributed by atoms with Gasteiger partial charge in [-0.3, -0.25) is 4.79 Å². The van der Waals surface area contributed by atoms with E-state index in [2.05, 4.69) is 4.98 Å². The molecule has 1 aromatic rings. The lowest BCUT2D eigenvalue weighted by molar-refractivity contribution is 0.0993. The minimum absolute atomic E-state index is 0.00222. The van der Waals surface area contributed by atoms with Crippen molar-refractivity contribution in [1.29, 1.82) is 0 Å². The molecule has 7 heteroatoms. The van der Waals surface area contributed by atoms with E-state index in [0.717, 1.165) is 6.20 Å². The van der Waals surface area contributed by atoms with Gasteiger partial charge in [-0.2, -0.15) is 0 Å². The highest BCUT2D eigenvalue weighted by molar-refractivity contribution is 14.1. The zero-order valence-electron chi connectivity index (χ0n) is 6.60. The second-order valence-corrected chi connectivity index (χ2v) is 3.83. The normalized spacial score (nSPS) is 10.6. The van der Waals surface area contributed by atoms with Gasteiger partial charge in [-0.15, -0.1) is 0 Å². The first kappa shape index (κ1) is 11.6. The van der Waals surface area contributed by atoms with Gasteiger partial charge < -0.3 is 5.73 Å². The Morgan fingerprint density at radius 2 is 2.21 bits per heavy atom. The van der Waals surface area contributed by atoms with Gasteiger partial charge in [0.25, 0.3) is 12.3 Å². The molecule has 0 aliphatic heterocycles. The van der Waals surface area contributed by atoms with Crippen LogP contribution in [-0.4, -0.2) is 10.9 Å². The molecule has 1 rings (SSSR count). The van der Waals surface area contributed by atoms with E-state index in [1.54, 1.807) is 22.6 Å². The third kappa shape index (κ3) is 2.11. The summed E-state index contributed by atoms with van der Waals surface area (Å²) in [6.07, 6.45) is -1.76. The number of nitrogens with two attached hydrogens (primary N) is 1. The number of aromatic nitrogens is 1. The van der Waals surface area contributed by atoms with Gasteiger partial charge in [0.1, 0.15) is 5.69 Å². The summed E-state index contributed by atoms with van der Waals surface area (Å²) in [5.74, 6) is -0.854. The van der Waals surface area contributed by atoms with Crippen LogP contribution in [0.2, 0.25) is 5.02 Å². The Bertz CT molecular complexity index is 386. The number of nitrogens with zero attached hydrogens (tertiary/aromatic N) is 1. The predicted octanol–water partition coefficient (Wildman–Crippen LogP) is 2.38. The van der Waals surface area contributed by atoms with E-state index in [1.807, 2.05) is 0 Å². The van der Waals surface area contributed by atoms with Crippen LogP contribution in [0.3, 0.4) is 0 Å². The molecule has 0 aromatic carbocycles. The molecule has 1 amide bonds. The smallest absolute Gasteiger partial charge is 0.268 e. The first-order valence-electron chi connectivity index (χ1n) is 3.37. The average molecular weight is 332 g/mol. The highest BCUT2D eigenvalue weighted by Gasteiger charge is 2.21. The lowest BCUT2D eigenvalue weighted by Crippen LogP contribution is -2.16. The number of halogens is 4. The Morgan fingerprint density at radius 1 is 1.64 bits per heavy atom. The Kier molecular flexibility index (Phi) is 3.59. The van der Waals surface area contributed by atoms with E-state index in [9.17, 15) is 13.6 Å². The van der Waals surface area contributed by atoms with Crippen molar-refractivity contribution in [2.75, 3.05) is 0 Å². The molecule has 76 valence electrons. The van der Waals surface area contributed by atoms with Crippen LogP contribution < -0.4 is 5.73 Å². The van der Waals surface area contributed by atoms with Gasteiger partial charge in [0.05, 0.1) is 14.2 Å². The maximum atomic E-state index is 12.5. The van der Waals surface area contributed by atoms with E-state index < -0.39 is 17.9 Å². The Balaban J connectivity index is 3.41. The van der Waals surface area contributed by atoms with E-state index in [-0.39, 0.29) is 14.3 Å². The summed E-state index contributed by atoms with van der Waals surface area (Å²) in [5.41, 5.74) is 4.34. The lowest BCUT2D eigenvalue weighted by Gasteiger charge is -2.07. The van der Waals surface area contributed by atoms with Crippen molar-refractivity contribution in [2.24, 2.45) is 5.73 Å². The number of pyridine rings is 1. The first-order valence-corrected chi connectivity index (χ1v) is 4.82. The first-order chi connectivity index (χ1) is 6.45. The highest BCUT2D eigenvalue weighted by Crippen LogP contribution is 2.31. The molecule has 0 atom stereocenters. The van der Waals surface area contributed by atoms with Crippen molar-refractivity contribution < 1.29 is 13.6 Å². The SMILES string of the molecule is NC(=O)c1ncc(Cl)c(C(F)F)c1I. The molecule has 1 heterocycles. The molecule has 0 aliphatic carbocycles. The zero-order valence-corrected chi connectivity index (χ0v) is 9.51. The molecule has 0 saturated heterocycles. The summed E-state index contributed by atoms with van der Waals surface area (Å²) >= 11 is 7.07. The zero-order chi connectivity index (χ0) is 10.9. The summed E-state index contributed by atoms with van der Waals surface area (Å²) in [5, 5.41) is -0.172. The fraction of sp³-hybridized carbons (Fsp3) is 0.143. The monoisotopic (exact) mass is 332 g/mol. The van der Waals surface area contributed by atoms with Gasteiger partial charge in [-0.1, -0.05) is 11.6 Å². The van der Waals surface area contributed by atoms with Crippen LogP contribution in [-0.2, 0) is 0 Å². The van der Waals surface area contributed by atoms with Crippen molar-refractivity contribution in [2.45, 2.75) is 6.43 Å². The van der Waals surface area contributed by atoms with Gasteiger partial charge in [0, 0.05) is 6.20 Å². The molecule has 1 aromatic heterocycles. The Morgan fingerprint density at radius 3 is 2.64 bits per heavy atom. The summed E-state index contributed by atoms with van der Waals surface area (Å²) in [6.45, 7) is 0. The van der Waals surface area contributed by atoms with E-state index >= 15 is 0 Å². The fourth-order valence-corrected chi connectivity index (χ4v) is 2.17. The van der Waals surface area contributed by atoms with Crippen LogP contribution in [0.25, 0.3) is 0 Å². The number of amides is 1. The minimum atomic E-state index is -2.75. The molecule has 0 fully saturated rings. The molecule has 0 bridgehead atoms. The van der Waals surface area contributed by atoms with Crippen LogP contribution in [0.15, 0.2) is 6.20 Å². The van der Waals surface area contributed by atoms with Gasteiger partial charge in [0.15, 0.2) is 0 Å². The van der Waals surface area contributed by atoms with Gasteiger partial charge in [0.2, 0.25) is 0 Å². The molecular weight excluding hydrogens is 328 g/mol. The molecule has 0 aliphatic rings. The second kappa shape index (κ2) is 4.35. The summed E-state index contributed by atoms with van der Waals surface area (Å²) in [4.78, 5) is 14.3. The summed E-state index contributed by atoms with van der Waals surface area (Å²) in [7, 11) is 0.